The lowest BCUT2D eigenvalue weighted by molar-refractivity contribution is 0.0898. The van der Waals surface area contributed by atoms with Crippen LogP contribution in [0.1, 0.15) is 30.4 Å². The number of benzene rings is 1. The van der Waals surface area contributed by atoms with E-state index in [1.165, 1.54) is 12.8 Å². The standard InChI is InChI=1S/C15H18N2O/c1-10-8-13(5-4-12(10)9-16)17-14-6-7-18-15(14)11-2-3-11/h4-5,8,11,14-15,17H,2-3,6-7H2,1H3. The summed E-state index contributed by atoms with van der Waals surface area (Å²) in [4.78, 5) is 0. The summed E-state index contributed by atoms with van der Waals surface area (Å²) in [5.41, 5.74) is 2.89. The smallest absolute Gasteiger partial charge is 0.0994 e. The number of nitrogens with zero attached hydrogens (tertiary/aromatic N) is 1. The maximum Gasteiger partial charge on any atom is 0.0994 e. The second-order valence-corrected chi connectivity index (χ2v) is 5.35. The molecule has 0 radical (unpaired) electrons. The first-order valence-corrected chi connectivity index (χ1v) is 6.67. The zero-order valence-electron chi connectivity index (χ0n) is 10.6. The van der Waals surface area contributed by atoms with E-state index in [0.29, 0.717) is 12.1 Å². The highest BCUT2D eigenvalue weighted by atomic mass is 16.5. The minimum atomic E-state index is 0.390. The molecule has 2 atom stereocenters. The van der Waals surface area contributed by atoms with Crippen LogP contribution in [0, 0.1) is 24.2 Å². The molecule has 0 aromatic heterocycles. The molecule has 3 nitrogen and oxygen atoms in total. The van der Waals surface area contributed by atoms with Gasteiger partial charge in [-0.3, -0.25) is 0 Å². The lowest BCUT2D eigenvalue weighted by Crippen LogP contribution is -2.30. The normalized spacial score (nSPS) is 26.9. The van der Waals surface area contributed by atoms with Gasteiger partial charge in [-0.25, -0.2) is 0 Å². The minimum absolute atomic E-state index is 0.390. The summed E-state index contributed by atoms with van der Waals surface area (Å²) in [6, 6.07) is 8.57. The highest BCUT2D eigenvalue weighted by Crippen LogP contribution is 2.39. The molecule has 3 rings (SSSR count). The SMILES string of the molecule is Cc1cc(NC2CCOC2C2CC2)ccc1C#N. The van der Waals surface area contributed by atoms with Crippen LogP contribution in [0.2, 0.25) is 0 Å². The maximum absolute atomic E-state index is 8.93. The zero-order chi connectivity index (χ0) is 12.5. The van der Waals surface area contributed by atoms with Gasteiger partial charge in [0, 0.05) is 12.3 Å². The molecular formula is C15H18N2O. The number of rotatable bonds is 3. The molecule has 0 spiro atoms. The van der Waals surface area contributed by atoms with E-state index >= 15 is 0 Å². The Bertz CT molecular complexity index is 488. The quantitative estimate of drug-likeness (QED) is 0.886. The zero-order valence-corrected chi connectivity index (χ0v) is 10.6. The molecule has 0 amide bonds. The summed E-state index contributed by atoms with van der Waals surface area (Å²) in [7, 11) is 0. The molecule has 0 bridgehead atoms. The van der Waals surface area contributed by atoms with E-state index in [-0.39, 0.29) is 0 Å². The number of anilines is 1. The second kappa shape index (κ2) is 4.62. The number of hydrogen-bond acceptors (Lipinski definition) is 3. The van der Waals surface area contributed by atoms with Gasteiger partial charge in [0.1, 0.15) is 0 Å². The predicted molar refractivity (Wildman–Crippen MR) is 70.4 cm³/mol. The fourth-order valence-corrected chi connectivity index (χ4v) is 2.75. The Labute approximate surface area is 108 Å². The first kappa shape index (κ1) is 11.6. The Morgan fingerprint density at radius 1 is 1.33 bits per heavy atom. The molecule has 94 valence electrons. The third kappa shape index (κ3) is 2.21. The summed E-state index contributed by atoms with van der Waals surface area (Å²) < 4.78 is 5.82. The van der Waals surface area contributed by atoms with E-state index in [2.05, 4.69) is 17.5 Å². The first-order valence-electron chi connectivity index (χ1n) is 6.67. The Kier molecular flexibility index (Phi) is 2.97. The van der Waals surface area contributed by atoms with Gasteiger partial charge < -0.3 is 10.1 Å². The van der Waals surface area contributed by atoms with Crippen molar-refractivity contribution in [2.24, 2.45) is 5.92 Å². The Morgan fingerprint density at radius 2 is 2.17 bits per heavy atom. The summed E-state index contributed by atoms with van der Waals surface area (Å²) in [6.07, 6.45) is 4.10. The average molecular weight is 242 g/mol. The Balaban J connectivity index is 1.72. The van der Waals surface area contributed by atoms with Gasteiger partial charge >= 0.3 is 0 Å². The summed E-state index contributed by atoms with van der Waals surface area (Å²) in [5, 5.41) is 12.5. The lowest BCUT2D eigenvalue weighted by Gasteiger charge is -2.21. The van der Waals surface area contributed by atoms with Crippen LogP contribution in [0.4, 0.5) is 5.69 Å². The molecule has 1 N–H and O–H groups in total. The van der Waals surface area contributed by atoms with Crippen molar-refractivity contribution in [3.8, 4) is 6.07 Å². The van der Waals surface area contributed by atoms with Crippen LogP contribution in [-0.4, -0.2) is 18.8 Å². The monoisotopic (exact) mass is 242 g/mol. The molecule has 2 fully saturated rings. The molecule has 2 unspecified atom stereocenters. The van der Waals surface area contributed by atoms with E-state index in [1.54, 1.807) is 0 Å². The van der Waals surface area contributed by atoms with Crippen LogP contribution in [0.25, 0.3) is 0 Å². The number of nitrogens with one attached hydrogen (secondary N) is 1. The van der Waals surface area contributed by atoms with Crippen LogP contribution in [0.15, 0.2) is 18.2 Å². The van der Waals surface area contributed by atoms with E-state index in [1.807, 2.05) is 19.1 Å². The number of ether oxygens (including phenoxy) is 1. The summed E-state index contributed by atoms with van der Waals surface area (Å²) in [5.74, 6) is 0.768. The van der Waals surface area contributed by atoms with Crippen LogP contribution in [-0.2, 0) is 4.74 Å². The second-order valence-electron chi connectivity index (χ2n) is 5.35. The van der Waals surface area contributed by atoms with Gasteiger partial charge in [-0.05, 0) is 55.9 Å². The molecule has 1 aliphatic heterocycles. The van der Waals surface area contributed by atoms with Gasteiger partial charge in [0.15, 0.2) is 0 Å². The highest BCUT2D eigenvalue weighted by Gasteiger charge is 2.40. The van der Waals surface area contributed by atoms with Crippen LogP contribution in [0.3, 0.4) is 0 Å². The van der Waals surface area contributed by atoms with Crippen LogP contribution in [0.5, 0.6) is 0 Å². The molecule has 1 aliphatic carbocycles. The molecule has 1 saturated carbocycles. The first-order chi connectivity index (χ1) is 8.78. The molecular weight excluding hydrogens is 224 g/mol. The van der Waals surface area contributed by atoms with Gasteiger partial charge in [-0.15, -0.1) is 0 Å². The van der Waals surface area contributed by atoms with Crippen molar-refractivity contribution >= 4 is 5.69 Å². The van der Waals surface area contributed by atoms with Crippen molar-refractivity contribution in [3.05, 3.63) is 29.3 Å². The molecule has 1 heterocycles. The topological polar surface area (TPSA) is 45.0 Å². The molecule has 1 saturated heterocycles. The van der Waals surface area contributed by atoms with Gasteiger partial charge in [0.25, 0.3) is 0 Å². The molecule has 1 aromatic carbocycles. The number of aryl methyl sites for hydroxylation is 1. The third-order valence-corrected chi connectivity index (χ3v) is 3.92. The number of nitriles is 1. The van der Waals surface area contributed by atoms with Crippen molar-refractivity contribution < 1.29 is 4.74 Å². The average Bonchev–Trinajstić information content (AvgIpc) is 3.11. The van der Waals surface area contributed by atoms with Crippen molar-refractivity contribution in [1.82, 2.24) is 0 Å². The van der Waals surface area contributed by atoms with Crippen molar-refractivity contribution in [2.45, 2.75) is 38.3 Å². The van der Waals surface area contributed by atoms with E-state index in [9.17, 15) is 0 Å². The van der Waals surface area contributed by atoms with Crippen molar-refractivity contribution in [1.29, 1.82) is 5.26 Å². The van der Waals surface area contributed by atoms with Gasteiger partial charge in [-0.1, -0.05) is 0 Å². The van der Waals surface area contributed by atoms with Crippen molar-refractivity contribution in [2.75, 3.05) is 11.9 Å². The van der Waals surface area contributed by atoms with Crippen molar-refractivity contribution in [3.63, 3.8) is 0 Å². The van der Waals surface area contributed by atoms with E-state index in [4.69, 9.17) is 10.00 Å². The van der Waals surface area contributed by atoms with E-state index in [0.717, 1.165) is 35.8 Å². The summed E-state index contributed by atoms with van der Waals surface area (Å²) >= 11 is 0. The highest BCUT2D eigenvalue weighted by molar-refractivity contribution is 5.52. The van der Waals surface area contributed by atoms with Gasteiger partial charge in [-0.2, -0.15) is 5.26 Å². The van der Waals surface area contributed by atoms with Crippen LogP contribution >= 0.6 is 0 Å². The molecule has 2 aliphatic rings. The largest absolute Gasteiger partial charge is 0.380 e. The number of hydrogen-bond donors (Lipinski definition) is 1. The predicted octanol–water partition coefficient (Wildman–Crippen LogP) is 2.85. The van der Waals surface area contributed by atoms with Gasteiger partial charge in [0.2, 0.25) is 0 Å². The fourth-order valence-electron chi connectivity index (χ4n) is 2.75. The summed E-state index contributed by atoms with van der Waals surface area (Å²) in [6.45, 7) is 2.85. The Hall–Kier alpha value is -1.53. The molecule has 3 heteroatoms. The minimum Gasteiger partial charge on any atom is -0.380 e. The molecule has 18 heavy (non-hydrogen) atoms. The lowest BCUT2D eigenvalue weighted by atomic mass is 10.0. The maximum atomic E-state index is 8.93. The van der Waals surface area contributed by atoms with Crippen LogP contribution < -0.4 is 5.32 Å². The fraction of sp³-hybridized carbons (Fsp3) is 0.533. The Morgan fingerprint density at radius 3 is 2.83 bits per heavy atom. The molecule has 1 aromatic rings. The van der Waals surface area contributed by atoms with E-state index < -0.39 is 0 Å². The van der Waals surface area contributed by atoms with Gasteiger partial charge in [0.05, 0.1) is 23.8 Å². The third-order valence-electron chi connectivity index (χ3n) is 3.92.